The molecule has 1 N–H and O–H groups in total. The van der Waals surface area contributed by atoms with Gasteiger partial charge in [0.15, 0.2) is 0 Å². The molecule has 1 aliphatic heterocycles. The maximum absolute atomic E-state index is 13.6. The van der Waals surface area contributed by atoms with Crippen molar-refractivity contribution in [1.29, 1.82) is 0 Å². The van der Waals surface area contributed by atoms with Gasteiger partial charge in [0.05, 0.1) is 6.04 Å². The van der Waals surface area contributed by atoms with Crippen LogP contribution in [0, 0.1) is 11.6 Å². The van der Waals surface area contributed by atoms with E-state index < -0.39 is 0 Å². The van der Waals surface area contributed by atoms with Gasteiger partial charge in [0.25, 0.3) is 0 Å². The lowest BCUT2D eigenvalue weighted by atomic mass is 9.95. The molecule has 4 nitrogen and oxygen atoms in total. The van der Waals surface area contributed by atoms with Crippen LogP contribution in [0.2, 0.25) is 0 Å². The normalized spacial score (nSPS) is 12.7. The Morgan fingerprint density at radius 2 is 1.44 bits per heavy atom. The molecule has 158 valence electrons. The fourth-order valence-electron chi connectivity index (χ4n) is 3.89. The van der Waals surface area contributed by atoms with Crippen LogP contribution in [0.4, 0.5) is 26.2 Å². The highest BCUT2D eigenvalue weighted by Crippen LogP contribution is 2.36. The zero-order valence-corrected chi connectivity index (χ0v) is 17.1. The van der Waals surface area contributed by atoms with Gasteiger partial charge in [0.1, 0.15) is 17.5 Å². The van der Waals surface area contributed by atoms with Crippen molar-refractivity contribution in [3.05, 3.63) is 119 Å². The highest BCUT2D eigenvalue weighted by atomic mass is 19.1. The minimum atomic E-state index is -0.304. The van der Waals surface area contributed by atoms with Gasteiger partial charge in [0, 0.05) is 24.0 Å². The molecule has 6 heteroatoms. The predicted octanol–water partition coefficient (Wildman–Crippen LogP) is 6.12. The summed E-state index contributed by atoms with van der Waals surface area (Å²) < 4.78 is 27.3. The Hall–Kier alpha value is -4.06. The molecule has 3 aromatic carbocycles. The van der Waals surface area contributed by atoms with E-state index in [-0.39, 0.29) is 17.7 Å². The van der Waals surface area contributed by atoms with Crippen molar-refractivity contribution in [2.75, 3.05) is 16.8 Å². The minimum Gasteiger partial charge on any atom is -0.341 e. The second-order valence-corrected chi connectivity index (χ2v) is 7.52. The van der Waals surface area contributed by atoms with E-state index >= 15 is 0 Å². The first kappa shape index (κ1) is 19.9. The summed E-state index contributed by atoms with van der Waals surface area (Å²) in [4.78, 5) is 11.4. The molecule has 0 radical (unpaired) electrons. The molecule has 0 atom stereocenters. The first-order valence-electron chi connectivity index (χ1n) is 10.3. The molecular formula is C26H20F2N4. The smallest absolute Gasteiger partial charge is 0.229 e. The Kier molecular flexibility index (Phi) is 5.34. The molecule has 0 bridgehead atoms. The van der Waals surface area contributed by atoms with Gasteiger partial charge in [-0.15, -0.1) is 0 Å². The number of hydrogen-bond donors (Lipinski definition) is 1. The molecule has 4 aromatic rings. The van der Waals surface area contributed by atoms with E-state index in [1.807, 2.05) is 42.5 Å². The molecule has 0 fully saturated rings. The van der Waals surface area contributed by atoms with Gasteiger partial charge in [-0.2, -0.15) is 4.98 Å². The van der Waals surface area contributed by atoms with Crippen LogP contribution in [0.5, 0.6) is 0 Å². The van der Waals surface area contributed by atoms with Crippen molar-refractivity contribution >= 4 is 23.5 Å². The highest BCUT2D eigenvalue weighted by Gasteiger charge is 2.27. The molecule has 1 aliphatic rings. The predicted molar refractivity (Wildman–Crippen MR) is 123 cm³/mol. The SMILES string of the molecule is Fc1ccc(C(c2ccc(F)cc2)N2CC=Cc3cnc(Nc4ccccc4)nc32)cc1. The van der Waals surface area contributed by atoms with Crippen LogP contribution in [0.25, 0.3) is 6.08 Å². The number of nitrogens with zero attached hydrogens (tertiary/aromatic N) is 3. The first-order chi connectivity index (χ1) is 15.7. The van der Waals surface area contributed by atoms with E-state index in [4.69, 9.17) is 4.98 Å². The summed E-state index contributed by atoms with van der Waals surface area (Å²) in [7, 11) is 0. The van der Waals surface area contributed by atoms with E-state index in [2.05, 4.69) is 15.2 Å². The fourth-order valence-corrected chi connectivity index (χ4v) is 3.89. The summed E-state index contributed by atoms with van der Waals surface area (Å²) in [5, 5.41) is 3.24. The number of benzene rings is 3. The molecule has 5 rings (SSSR count). The molecule has 0 unspecified atom stereocenters. The van der Waals surface area contributed by atoms with Crippen molar-refractivity contribution in [3.63, 3.8) is 0 Å². The molecule has 0 aliphatic carbocycles. The van der Waals surface area contributed by atoms with E-state index in [0.29, 0.717) is 12.5 Å². The molecule has 32 heavy (non-hydrogen) atoms. The van der Waals surface area contributed by atoms with Crippen molar-refractivity contribution in [3.8, 4) is 0 Å². The fraction of sp³-hybridized carbons (Fsp3) is 0.0769. The average Bonchev–Trinajstić information content (AvgIpc) is 2.82. The number of anilines is 3. The number of rotatable bonds is 5. The van der Waals surface area contributed by atoms with Gasteiger partial charge >= 0.3 is 0 Å². The third-order valence-corrected chi connectivity index (χ3v) is 5.38. The minimum absolute atomic E-state index is 0.278. The van der Waals surface area contributed by atoms with Crippen LogP contribution in [-0.4, -0.2) is 16.5 Å². The summed E-state index contributed by atoms with van der Waals surface area (Å²) in [6.45, 7) is 0.591. The largest absolute Gasteiger partial charge is 0.341 e. The van der Waals surface area contributed by atoms with Crippen molar-refractivity contribution < 1.29 is 8.78 Å². The van der Waals surface area contributed by atoms with Crippen molar-refractivity contribution in [2.45, 2.75) is 6.04 Å². The highest BCUT2D eigenvalue weighted by molar-refractivity contribution is 5.70. The van der Waals surface area contributed by atoms with E-state index in [1.165, 1.54) is 24.3 Å². The maximum atomic E-state index is 13.6. The summed E-state index contributed by atoms with van der Waals surface area (Å²) in [5.74, 6) is 0.622. The van der Waals surface area contributed by atoms with E-state index in [0.717, 1.165) is 28.2 Å². The quantitative estimate of drug-likeness (QED) is 0.417. The second kappa shape index (κ2) is 8.59. The van der Waals surface area contributed by atoms with Crippen LogP contribution >= 0.6 is 0 Å². The van der Waals surface area contributed by atoms with Crippen LogP contribution in [0.3, 0.4) is 0 Å². The van der Waals surface area contributed by atoms with Crippen LogP contribution in [0.15, 0.2) is 91.1 Å². The molecule has 0 spiro atoms. The maximum Gasteiger partial charge on any atom is 0.229 e. The molecule has 1 aromatic heterocycles. The molecule has 0 saturated heterocycles. The van der Waals surface area contributed by atoms with Gasteiger partial charge in [-0.25, -0.2) is 13.8 Å². The number of nitrogens with one attached hydrogen (secondary N) is 1. The van der Waals surface area contributed by atoms with Gasteiger partial charge in [-0.05, 0) is 47.5 Å². The standard InChI is InChI=1S/C26H20F2N4/c27-21-12-8-18(9-13-21)24(19-10-14-22(28)15-11-19)32-16-4-5-20-17-29-26(31-25(20)32)30-23-6-2-1-3-7-23/h1-15,17,24H,16H2,(H,29,30,31). The summed E-state index contributed by atoms with van der Waals surface area (Å²) in [5.41, 5.74) is 3.54. The number of aromatic nitrogens is 2. The Morgan fingerprint density at radius 3 is 2.06 bits per heavy atom. The number of fused-ring (bicyclic) bond motifs is 1. The first-order valence-corrected chi connectivity index (χ1v) is 10.3. The van der Waals surface area contributed by atoms with Gasteiger partial charge < -0.3 is 10.2 Å². The van der Waals surface area contributed by atoms with Gasteiger partial charge in [-0.1, -0.05) is 54.6 Å². The lowest BCUT2D eigenvalue weighted by molar-refractivity contribution is 0.623. The van der Waals surface area contributed by atoms with Crippen molar-refractivity contribution in [1.82, 2.24) is 9.97 Å². The summed E-state index contributed by atoms with van der Waals surface area (Å²) >= 11 is 0. The molecule has 0 amide bonds. The molecule has 0 saturated carbocycles. The van der Waals surface area contributed by atoms with E-state index in [9.17, 15) is 8.78 Å². The summed E-state index contributed by atoms with van der Waals surface area (Å²) in [6, 6.07) is 22.2. The van der Waals surface area contributed by atoms with Crippen molar-refractivity contribution in [2.24, 2.45) is 0 Å². The lowest BCUT2D eigenvalue weighted by Gasteiger charge is -2.35. The number of hydrogen-bond acceptors (Lipinski definition) is 4. The third-order valence-electron chi connectivity index (χ3n) is 5.38. The Bertz CT molecular complexity index is 1190. The van der Waals surface area contributed by atoms with Crippen LogP contribution in [-0.2, 0) is 0 Å². The topological polar surface area (TPSA) is 41.1 Å². The Labute approximate surface area is 184 Å². The second-order valence-electron chi connectivity index (χ2n) is 7.52. The van der Waals surface area contributed by atoms with Gasteiger partial charge in [-0.3, -0.25) is 0 Å². The third kappa shape index (κ3) is 4.07. The lowest BCUT2D eigenvalue weighted by Crippen LogP contribution is -2.33. The molecular weight excluding hydrogens is 406 g/mol. The number of halogens is 2. The monoisotopic (exact) mass is 426 g/mol. The zero-order valence-electron chi connectivity index (χ0n) is 17.1. The Morgan fingerprint density at radius 1 is 0.812 bits per heavy atom. The van der Waals surface area contributed by atoms with Crippen LogP contribution < -0.4 is 10.2 Å². The van der Waals surface area contributed by atoms with E-state index in [1.54, 1.807) is 30.5 Å². The van der Waals surface area contributed by atoms with Crippen LogP contribution in [0.1, 0.15) is 22.7 Å². The summed E-state index contributed by atoms with van der Waals surface area (Å²) in [6.07, 6.45) is 5.81. The number of para-hydroxylation sites is 1. The zero-order chi connectivity index (χ0) is 21.9. The molecule has 2 heterocycles. The average molecular weight is 426 g/mol. The van der Waals surface area contributed by atoms with Gasteiger partial charge in [0.2, 0.25) is 5.95 Å². The Balaban J connectivity index is 1.58.